The van der Waals surface area contributed by atoms with E-state index in [-0.39, 0.29) is 51.2 Å². The number of carbonyl (C=O) groups excluding carboxylic acids is 2. The van der Waals surface area contributed by atoms with Gasteiger partial charge in [0, 0.05) is 23.8 Å². The standard InChI is InChI=1S/C45H44O20/c1-58-28-15-20(3-13-25(28)48)4-14-33(50)60-18-32-36(51)39(54)41(56)45(64-32)65-43-40(55)37(52)31(19-61-44(57)22-7-11-24(47)12-8-22)63-42(43)35-29(59-2)17-30-34(38(35)53)26(49)16-27(62-30)21-5-9-23(46)10-6-21/h3-17,31-32,36-37,39-43,45-48,51-56H,18-19H2,1-2H3/b14-4+/t31-,32-,36-,37-,39+,40+,41-,42+,43-,45+/m1/s1. The predicted octanol–water partition coefficient (Wildman–Crippen LogP) is 1.77. The van der Waals surface area contributed by atoms with Gasteiger partial charge in [-0.05, 0) is 72.3 Å². The third-order valence-electron chi connectivity index (χ3n) is 10.8. The van der Waals surface area contributed by atoms with Gasteiger partial charge in [-0.3, -0.25) is 4.79 Å². The number of phenolic OH excluding ortho intramolecular Hbond substituents is 4. The summed E-state index contributed by atoms with van der Waals surface area (Å²) in [4.78, 5) is 39.3. The zero-order valence-electron chi connectivity index (χ0n) is 34.4. The van der Waals surface area contributed by atoms with Crippen molar-refractivity contribution in [3.63, 3.8) is 0 Å². The fraction of sp³-hybridized carbons (Fsp3) is 0.311. The SMILES string of the molecule is COc1cc(/C=C/C(=O)OC[C@H]2O[C@@H](O[C@@H]3[C@@H](O)[C@H](O)[C@@H](COC(=O)c4ccc(O)cc4)O[C@H]3c3c(OC)cc4oc(-c5ccc(O)cc5)cc(=O)c4c3O)[C@H](O)[C@@H](O)[C@@H]2O)ccc1O. The van der Waals surface area contributed by atoms with Crippen LogP contribution >= 0.6 is 0 Å². The van der Waals surface area contributed by atoms with Crippen LogP contribution in [0.4, 0.5) is 0 Å². The number of methoxy groups -OCH3 is 2. The van der Waals surface area contributed by atoms with Crippen LogP contribution in [0.5, 0.6) is 34.5 Å². The molecular weight excluding hydrogens is 860 g/mol. The summed E-state index contributed by atoms with van der Waals surface area (Å²) < 4.78 is 45.3. The molecule has 1 aromatic heterocycles. The highest BCUT2D eigenvalue weighted by atomic mass is 16.7. The Morgan fingerprint density at radius 3 is 2.00 bits per heavy atom. The summed E-state index contributed by atoms with van der Waals surface area (Å²) in [6.45, 7) is -1.43. The molecule has 20 heteroatoms. The van der Waals surface area contributed by atoms with E-state index < -0.39 is 103 Å². The minimum Gasteiger partial charge on any atom is -0.508 e. The Balaban J connectivity index is 1.19. The van der Waals surface area contributed by atoms with E-state index in [1.165, 1.54) is 93.1 Å². The van der Waals surface area contributed by atoms with Crippen LogP contribution in [0.25, 0.3) is 28.4 Å². The maximum atomic E-state index is 13.7. The number of rotatable bonds is 13. The Hall–Kier alpha value is -6.75. The zero-order valence-corrected chi connectivity index (χ0v) is 34.4. The normalized spacial score (nSPS) is 25.6. The van der Waals surface area contributed by atoms with E-state index in [4.69, 9.17) is 37.6 Å². The van der Waals surface area contributed by atoms with Crippen molar-refractivity contribution in [3.05, 3.63) is 112 Å². The summed E-state index contributed by atoms with van der Waals surface area (Å²) in [5, 5.41) is 96.7. The topological polar surface area (TPSA) is 311 Å². The van der Waals surface area contributed by atoms with Crippen molar-refractivity contribution in [2.45, 2.75) is 61.2 Å². The number of hydrogen-bond acceptors (Lipinski definition) is 20. The molecule has 0 bridgehead atoms. The van der Waals surface area contributed by atoms with Crippen LogP contribution in [-0.2, 0) is 28.5 Å². The van der Waals surface area contributed by atoms with Crippen LogP contribution in [-0.4, -0.2) is 140 Å². The molecule has 65 heavy (non-hydrogen) atoms. The van der Waals surface area contributed by atoms with Crippen LogP contribution in [0.15, 0.2) is 94.2 Å². The van der Waals surface area contributed by atoms with Crippen molar-refractivity contribution in [2.24, 2.45) is 0 Å². The van der Waals surface area contributed by atoms with E-state index in [2.05, 4.69) is 0 Å². The van der Waals surface area contributed by atoms with Crippen LogP contribution in [0, 0.1) is 0 Å². The van der Waals surface area contributed by atoms with Gasteiger partial charge in [0.1, 0.15) is 108 Å². The van der Waals surface area contributed by atoms with Crippen molar-refractivity contribution in [1.29, 1.82) is 0 Å². The Labute approximate surface area is 367 Å². The number of hydrogen-bond donors (Lipinski definition) is 9. The maximum absolute atomic E-state index is 13.7. The second-order valence-electron chi connectivity index (χ2n) is 15.0. The molecule has 2 aliphatic rings. The first kappa shape index (κ1) is 46.2. The number of fused-ring (bicyclic) bond motifs is 1. The van der Waals surface area contributed by atoms with Gasteiger partial charge in [0.25, 0.3) is 0 Å². The number of esters is 2. The van der Waals surface area contributed by atoms with Gasteiger partial charge in [0.15, 0.2) is 23.2 Å². The highest BCUT2D eigenvalue weighted by Crippen LogP contribution is 2.47. The molecule has 20 nitrogen and oxygen atoms in total. The molecule has 344 valence electrons. The number of carbonyl (C=O) groups is 2. The molecular formula is C45H44O20. The van der Waals surface area contributed by atoms with Crippen molar-refractivity contribution in [2.75, 3.05) is 27.4 Å². The molecule has 9 N–H and O–H groups in total. The van der Waals surface area contributed by atoms with Gasteiger partial charge in [0.05, 0.1) is 25.3 Å². The lowest BCUT2D eigenvalue weighted by Gasteiger charge is -2.46. The van der Waals surface area contributed by atoms with E-state index in [0.717, 1.165) is 12.1 Å². The lowest BCUT2D eigenvalue weighted by Crippen LogP contribution is -2.63. The largest absolute Gasteiger partial charge is 0.508 e. The second kappa shape index (κ2) is 19.6. The maximum Gasteiger partial charge on any atom is 0.338 e. The average molecular weight is 905 g/mol. The quantitative estimate of drug-likeness (QED) is 0.0601. The summed E-state index contributed by atoms with van der Waals surface area (Å²) in [6, 6.07) is 17.4. The molecule has 5 aromatic rings. The third-order valence-corrected chi connectivity index (χ3v) is 10.8. The first-order valence-electron chi connectivity index (χ1n) is 19.8. The molecule has 2 saturated heterocycles. The summed E-state index contributed by atoms with van der Waals surface area (Å²) in [7, 11) is 2.54. The summed E-state index contributed by atoms with van der Waals surface area (Å²) in [5.74, 6) is -2.95. The molecule has 10 atom stereocenters. The Bertz CT molecular complexity index is 2590. The fourth-order valence-corrected chi connectivity index (χ4v) is 7.30. The molecule has 2 aliphatic heterocycles. The van der Waals surface area contributed by atoms with Gasteiger partial charge in [-0.2, -0.15) is 0 Å². The molecule has 7 rings (SSSR count). The van der Waals surface area contributed by atoms with Crippen LogP contribution in [0.3, 0.4) is 0 Å². The third kappa shape index (κ3) is 9.84. The summed E-state index contributed by atoms with van der Waals surface area (Å²) in [6.07, 6.45) is -16.4. The highest BCUT2D eigenvalue weighted by Gasteiger charge is 2.52. The summed E-state index contributed by atoms with van der Waals surface area (Å²) in [5.41, 5.74) is -0.434. The minimum atomic E-state index is -2.06. The van der Waals surface area contributed by atoms with Crippen LogP contribution in [0.2, 0.25) is 0 Å². The number of benzene rings is 4. The molecule has 0 aliphatic carbocycles. The molecule has 0 spiro atoms. The van der Waals surface area contributed by atoms with Crippen LogP contribution in [0.1, 0.15) is 27.6 Å². The molecule has 0 saturated carbocycles. The van der Waals surface area contributed by atoms with Gasteiger partial charge in [0.2, 0.25) is 0 Å². The van der Waals surface area contributed by atoms with E-state index in [9.17, 15) is 60.3 Å². The van der Waals surface area contributed by atoms with Gasteiger partial charge >= 0.3 is 11.9 Å². The fourth-order valence-electron chi connectivity index (χ4n) is 7.30. The lowest BCUT2D eigenvalue weighted by molar-refractivity contribution is -0.342. The predicted molar refractivity (Wildman–Crippen MR) is 222 cm³/mol. The van der Waals surface area contributed by atoms with Crippen molar-refractivity contribution >= 4 is 29.0 Å². The number of ether oxygens (including phenoxy) is 7. The Kier molecular flexibility index (Phi) is 13.9. The van der Waals surface area contributed by atoms with Crippen LogP contribution < -0.4 is 14.9 Å². The average Bonchev–Trinajstić information content (AvgIpc) is 3.29. The monoisotopic (exact) mass is 904 g/mol. The minimum absolute atomic E-state index is 0.0112. The van der Waals surface area contributed by atoms with Gasteiger partial charge < -0.3 is 83.5 Å². The second-order valence-corrected chi connectivity index (χ2v) is 15.0. The molecule has 0 unspecified atom stereocenters. The Morgan fingerprint density at radius 2 is 1.32 bits per heavy atom. The lowest BCUT2D eigenvalue weighted by atomic mass is 9.89. The first-order valence-corrected chi connectivity index (χ1v) is 19.8. The van der Waals surface area contributed by atoms with Gasteiger partial charge in [-0.25, -0.2) is 9.59 Å². The number of phenols is 4. The van der Waals surface area contributed by atoms with E-state index >= 15 is 0 Å². The van der Waals surface area contributed by atoms with Crippen molar-refractivity contribution in [3.8, 4) is 45.8 Å². The van der Waals surface area contributed by atoms with E-state index in [1.807, 2.05) is 0 Å². The van der Waals surface area contributed by atoms with E-state index in [0.29, 0.717) is 11.1 Å². The van der Waals surface area contributed by atoms with Crippen molar-refractivity contribution in [1.82, 2.24) is 0 Å². The number of aliphatic hydroxyl groups excluding tert-OH is 5. The van der Waals surface area contributed by atoms with Crippen molar-refractivity contribution < 1.29 is 93.1 Å². The Morgan fingerprint density at radius 1 is 0.692 bits per heavy atom. The molecule has 2 fully saturated rings. The highest BCUT2D eigenvalue weighted by molar-refractivity contribution is 5.90. The summed E-state index contributed by atoms with van der Waals surface area (Å²) >= 11 is 0. The first-order chi connectivity index (χ1) is 31.1. The molecule has 4 aromatic carbocycles. The van der Waals surface area contributed by atoms with E-state index in [1.54, 1.807) is 0 Å². The molecule has 0 amide bonds. The number of aromatic hydroxyl groups is 4. The van der Waals surface area contributed by atoms with Gasteiger partial charge in [-0.15, -0.1) is 0 Å². The smallest absolute Gasteiger partial charge is 0.338 e. The zero-order chi connectivity index (χ0) is 46.7. The number of aliphatic hydroxyl groups is 5. The van der Waals surface area contributed by atoms with Gasteiger partial charge in [-0.1, -0.05) is 6.07 Å². The molecule has 0 radical (unpaired) electrons. The molecule has 3 heterocycles.